The van der Waals surface area contributed by atoms with Crippen molar-refractivity contribution in [3.8, 4) is 5.75 Å². The molecule has 1 unspecified atom stereocenters. The van der Waals surface area contributed by atoms with Crippen LogP contribution in [0.5, 0.6) is 5.75 Å². The molecule has 2 heterocycles. The van der Waals surface area contributed by atoms with E-state index >= 15 is 0 Å². The van der Waals surface area contributed by atoms with Crippen LogP contribution in [-0.4, -0.2) is 42.0 Å². The number of anilines is 1. The molecule has 0 N–H and O–H groups in total. The Balaban J connectivity index is 1.47. The molecule has 1 aliphatic heterocycles. The number of nitrogens with zero attached hydrogens (tertiary/aromatic N) is 3. The van der Waals surface area contributed by atoms with Gasteiger partial charge in [0.25, 0.3) is 5.91 Å². The Hall–Kier alpha value is -3.05. The molecule has 1 saturated heterocycles. The molecule has 1 aromatic heterocycles. The lowest BCUT2D eigenvalue weighted by Gasteiger charge is -2.37. The highest BCUT2D eigenvalue weighted by Gasteiger charge is 2.30. The van der Waals surface area contributed by atoms with E-state index < -0.39 is 6.10 Å². The van der Waals surface area contributed by atoms with Crippen molar-refractivity contribution >= 4 is 23.3 Å². The zero-order valence-corrected chi connectivity index (χ0v) is 16.7. The van der Waals surface area contributed by atoms with Gasteiger partial charge in [-0.05, 0) is 24.3 Å². The van der Waals surface area contributed by atoms with Crippen molar-refractivity contribution in [2.24, 2.45) is 0 Å². The molecule has 1 amide bonds. The number of aromatic nitrogens is 1. The normalized spacial score (nSPS) is 15.1. The van der Waals surface area contributed by atoms with E-state index in [2.05, 4.69) is 9.88 Å². The molecule has 0 radical (unpaired) electrons. The molecule has 3 aromatic rings. The fourth-order valence-electron chi connectivity index (χ4n) is 3.40. The van der Waals surface area contributed by atoms with Crippen LogP contribution in [0.2, 0.25) is 5.02 Å². The first kappa shape index (κ1) is 19.3. The van der Waals surface area contributed by atoms with Gasteiger partial charge in [0, 0.05) is 37.9 Å². The van der Waals surface area contributed by atoms with Crippen molar-refractivity contribution in [3.05, 3.63) is 89.6 Å². The molecule has 29 heavy (non-hydrogen) atoms. The minimum absolute atomic E-state index is 0.0243. The minimum atomic E-state index is -0.668. The van der Waals surface area contributed by atoms with Crippen molar-refractivity contribution in [3.63, 3.8) is 0 Å². The molecule has 0 saturated carbocycles. The Morgan fingerprint density at radius 1 is 0.897 bits per heavy atom. The van der Waals surface area contributed by atoms with Gasteiger partial charge in [-0.25, -0.2) is 4.98 Å². The zero-order chi connectivity index (χ0) is 20.1. The predicted molar refractivity (Wildman–Crippen MR) is 114 cm³/mol. The summed E-state index contributed by atoms with van der Waals surface area (Å²) in [5, 5.41) is 0.617. The van der Waals surface area contributed by atoms with Gasteiger partial charge in [-0.2, -0.15) is 0 Å². The van der Waals surface area contributed by atoms with Gasteiger partial charge in [-0.1, -0.05) is 60.1 Å². The second kappa shape index (κ2) is 8.97. The first-order valence-corrected chi connectivity index (χ1v) is 10.0. The predicted octanol–water partition coefficient (Wildman–Crippen LogP) is 4.20. The topological polar surface area (TPSA) is 45.7 Å². The number of hydrogen-bond donors (Lipinski definition) is 0. The largest absolute Gasteiger partial charge is 0.476 e. The van der Waals surface area contributed by atoms with E-state index in [4.69, 9.17) is 16.3 Å². The van der Waals surface area contributed by atoms with Gasteiger partial charge in [0.15, 0.2) is 0 Å². The lowest BCUT2D eigenvalue weighted by atomic mass is 10.1. The Morgan fingerprint density at radius 2 is 1.55 bits per heavy atom. The summed E-state index contributed by atoms with van der Waals surface area (Å²) in [5.74, 6) is 1.53. The van der Waals surface area contributed by atoms with Gasteiger partial charge in [0.05, 0.1) is 5.02 Å². The Bertz CT molecular complexity index is 927. The van der Waals surface area contributed by atoms with Gasteiger partial charge in [-0.15, -0.1) is 0 Å². The summed E-state index contributed by atoms with van der Waals surface area (Å²) in [6.45, 7) is 2.66. The van der Waals surface area contributed by atoms with Crippen LogP contribution in [0.25, 0.3) is 0 Å². The number of rotatable bonds is 5. The van der Waals surface area contributed by atoms with Crippen LogP contribution in [0.4, 0.5) is 5.82 Å². The number of para-hydroxylation sites is 1. The van der Waals surface area contributed by atoms with Crippen molar-refractivity contribution in [2.45, 2.75) is 6.10 Å². The third-order valence-electron chi connectivity index (χ3n) is 4.95. The molecule has 0 aliphatic carbocycles. The number of hydrogen-bond acceptors (Lipinski definition) is 4. The average molecular weight is 408 g/mol. The maximum atomic E-state index is 13.3. The summed E-state index contributed by atoms with van der Waals surface area (Å²) in [6.07, 6.45) is 0.979. The van der Waals surface area contributed by atoms with Crippen molar-refractivity contribution in [2.75, 3.05) is 31.1 Å². The van der Waals surface area contributed by atoms with Crippen LogP contribution in [0.1, 0.15) is 11.7 Å². The quantitative estimate of drug-likeness (QED) is 0.635. The number of carbonyl (C=O) groups is 1. The monoisotopic (exact) mass is 407 g/mol. The second-order valence-electron chi connectivity index (χ2n) is 6.87. The van der Waals surface area contributed by atoms with Crippen LogP contribution in [0.15, 0.2) is 79.0 Å². The number of benzene rings is 2. The van der Waals surface area contributed by atoms with Gasteiger partial charge < -0.3 is 14.5 Å². The highest BCUT2D eigenvalue weighted by molar-refractivity contribution is 6.30. The molecule has 6 heteroatoms. The summed E-state index contributed by atoms with van der Waals surface area (Å²) in [7, 11) is 0. The first-order chi connectivity index (χ1) is 14.2. The standard InChI is InChI=1S/C23H22ClN3O2/c24-19-11-12-21(25-17-19)26-13-15-27(16-14-26)23(28)22(18-7-3-1-4-8-18)29-20-9-5-2-6-10-20/h1-12,17,22H,13-16H2. The van der Waals surface area contributed by atoms with Gasteiger partial charge in [0.2, 0.25) is 6.10 Å². The summed E-state index contributed by atoms with van der Waals surface area (Å²) < 4.78 is 6.11. The maximum absolute atomic E-state index is 13.3. The van der Waals surface area contributed by atoms with E-state index in [0.717, 1.165) is 11.4 Å². The molecule has 4 rings (SSSR count). The number of pyridine rings is 1. The van der Waals surface area contributed by atoms with Crippen LogP contribution in [-0.2, 0) is 4.79 Å². The van der Waals surface area contributed by atoms with E-state index in [1.54, 1.807) is 6.20 Å². The molecule has 0 spiro atoms. The first-order valence-electron chi connectivity index (χ1n) is 9.62. The Morgan fingerprint density at radius 3 is 2.17 bits per heavy atom. The molecular formula is C23H22ClN3O2. The summed E-state index contributed by atoms with van der Waals surface area (Å²) in [4.78, 5) is 21.7. The van der Waals surface area contributed by atoms with Gasteiger partial charge >= 0.3 is 0 Å². The summed E-state index contributed by atoms with van der Waals surface area (Å²) >= 11 is 5.93. The maximum Gasteiger partial charge on any atom is 0.268 e. The molecular weight excluding hydrogens is 386 g/mol. The molecule has 1 atom stereocenters. The lowest BCUT2D eigenvalue weighted by Crippen LogP contribution is -2.50. The fraction of sp³-hybridized carbons (Fsp3) is 0.217. The molecule has 1 aliphatic rings. The number of piperazine rings is 1. The average Bonchev–Trinajstić information content (AvgIpc) is 2.79. The van der Waals surface area contributed by atoms with Gasteiger partial charge in [-0.3, -0.25) is 4.79 Å². The summed E-state index contributed by atoms with van der Waals surface area (Å²) in [5.41, 5.74) is 0.850. The zero-order valence-electron chi connectivity index (χ0n) is 15.9. The Kier molecular flexibility index (Phi) is 5.96. The highest BCUT2D eigenvalue weighted by Crippen LogP contribution is 2.25. The number of halogens is 1. The molecule has 1 fully saturated rings. The number of carbonyl (C=O) groups excluding carboxylic acids is 1. The molecule has 5 nitrogen and oxygen atoms in total. The van der Waals surface area contributed by atoms with E-state index in [1.807, 2.05) is 77.7 Å². The second-order valence-corrected chi connectivity index (χ2v) is 7.31. The number of ether oxygens (including phenoxy) is 1. The number of amides is 1. The molecule has 148 valence electrons. The van der Waals surface area contributed by atoms with Crippen LogP contribution >= 0.6 is 11.6 Å². The fourth-order valence-corrected chi connectivity index (χ4v) is 3.51. The van der Waals surface area contributed by atoms with Crippen LogP contribution in [0, 0.1) is 0 Å². The third-order valence-corrected chi connectivity index (χ3v) is 5.17. The molecule has 0 bridgehead atoms. The van der Waals surface area contributed by atoms with Gasteiger partial charge in [0.1, 0.15) is 11.6 Å². The van der Waals surface area contributed by atoms with E-state index in [-0.39, 0.29) is 5.91 Å². The minimum Gasteiger partial charge on any atom is -0.476 e. The van der Waals surface area contributed by atoms with Crippen molar-refractivity contribution < 1.29 is 9.53 Å². The third kappa shape index (κ3) is 4.69. The molecule has 2 aromatic carbocycles. The smallest absolute Gasteiger partial charge is 0.268 e. The summed E-state index contributed by atoms with van der Waals surface area (Å²) in [6, 6.07) is 22.9. The lowest BCUT2D eigenvalue weighted by molar-refractivity contribution is -0.139. The van der Waals surface area contributed by atoms with Crippen LogP contribution in [0.3, 0.4) is 0 Å². The van der Waals surface area contributed by atoms with E-state index in [0.29, 0.717) is 37.0 Å². The van der Waals surface area contributed by atoms with Crippen molar-refractivity contribution in [1.82, 2.24) is 9.88 Å². The van der Waals surface area contributed by atoms with E-state index in [9.17, 15) is 4.79 Å². The SMILES string of the molecule is O=C(C(Oc1ccccc1)c1ccccc1)N1CCN(c2ccc(Cl)cn2)CC1. The Labute approximate surface area is 175 Å². The van der Waals surface area contributed by atoms with Crippen LogP contribution < -0.4 is 9.64 Å². The van der Waals surface area contributed by atoms with Crippen molar-refractivity contribution in [1.29, 1.82) is 0 Å². The van der Waals surface area contributed by atoms with E-state index in [1.165, 1.54) is 0 Å². The highest BCUT2D eigenvalue weighted by atomic mass is 35.5.